The van der Waals surface area contributed by atoms with Gasteiger partial charge in [-0.15, -0.1) is 10.2 Å². The van der Waals surface area contributed by atoms with Gasteiger partial charge in [-0.05, 0) is 50.5 Å². The first kappa shape index (κ1) is 20.0. The Kier molecular flexibility index (Phi) is 5.67. The lowest BCUT2D eigenvalue weighted by Gasteiger charge is -2.32. The lowest BCUT2D eigenvalue weighted by molar-refractivity contribution is -0.131. The van der Waals surface area contributed by atoms with Crippen molar-refractivity contribution in [3.8, 4) is 5.75 Å². The maximum Gasteiger partial charge on any atom is 0.235 e. The second-order valence-electron chi connectivity index (χ2n) is 7.89. The minimum atomic E-state index is -0.226. The van der Waals surface area contributed by atoms with E-state index in [1.54, 1.807) is 7.11 Å². The highest BCUT2D eigenvalue weighted by molar-refractivity contribution is 8.00. The average molecular weight is 413 g/mol. The number of amides is 1. The Hall–Kier alpha value is -2.28. The van der Waals surface area contributed by atoms with Gasteiger partial charge in [0.2, 0.25) is 5.91 Å². The molecule has 1 saturated carbocycles. The van der Waals surface area contributed by atoms with Gasteiger partial charge in [0.1, 0.15) is 5.75 Å². The quantitative estimate of drug-likeness (QED) is 0.579. The number of carbonyl (C=O) groups excluding carboxylic acids is 1. The van der Waals surface area contributed by atoms with Gasteiger partial charge in [-0.2, -0.15) is 0 Å². The molecule has 2 aromatic heterocycles. The van der Waals surface area contributed by atoms with Crippen molar-refractivity contribution < 1.29 is 9.53 Å². The molecule has 0 bridgehead atoms. The summed E-state index contributed by atoms with van der Waals surface area (Å²) < 4.78 is 7.45. The summed E-state index contributed by atoms with van der Waals surface area (Å²) in [5.41, 5.74) is 2.92. The minimum Gasteiger partial charge on any atom is -0.497 e. The molecule has 29 heavy (non-hydrogen) atoms. The summed E-state index contributed by atoms with van der Waals surface area (Å²) in [6.45, 7) is 4.03. The molecular formula is C22H28N4O2S. The van der Waals surface area contributed by atoms with Gasteiger partial charge in [-0.3, -0.25) is 9.20 Å². The number of hydrogen-bond acceptors (Lipinski definition) is 5. The van der Waals surface area contributed by atoms with Crippen molar-refractivity contribution in [2.24, 2.45) is 0 Å². The molecule has 1 fully saturated rings. The Balaban J connectivity index is 1.65. The van der Waals surface area contributed by atoms with Gasteiger partial charge in [0, 0.05) is 24.5 Å². The number of nitrogens with zero attached hydrogens (tertiary/aromatic N) is 4. The molecule has 1 aliphatic rings. The molecule has 1 amide bonds. The van der Waals surface area contributed by atoms with Crippen LogP contribution >= 0.6 is 11.8 Å². The maximum atomic E-state index is 13.1. The van der Waals surface area contributed by atoms with Crippen LogP contribution in [0.4, 0.5) is 0 Å². The normalized spacial score (nSPS) is 16.3. The molecule has 1 aromatic carbocycles. The molecule has 4 rings (SSSR count). The molecule has 154 valence electrons. The standard InChI is InChI=1S/C22H28N4O2S/c1-14-12-20-23-24-22(26(20)19-13-17(28-4)10-11-18(14)19)29-15(2)21(27)25(3)16-8-6-5-7-9-16/h10-13,15-16H,5-9H2,1-4H3. The first-order valence-electron chi connectivity index (χ1n) is 10.3. The van der Waals surface area contributed by atoms with E-state index in [1.807, 2.05) is 41.5 Å². The van der Waals surface area contributed by atoms with E-state index in [1.165, 1.54) is 31.0 Å². The van der Waals surface area contributed by atoms with E-state index >= 15 is 0 Å². The molecule has 1 unspecified atom stereocenters. The summed E-state index contributed by atoms with van der Waals surface area (Å²) in [6, 6.07) is 8.42. The van der Waals surface area contributed by atoms with E-state index in [2.05, 4.69) is 23.2 Å². The van der Waals surface area contributed by atoms with E-state index in [9.17, 15) is 4.79 Å². The largest absolute Gasteiger partial charge is 0.497 e. The number of pyridine rings is 1. The number of methoxy groups -OCH3 is 1. The van der Waals surface area contributed by atoms with Crippen LogP contribution in [0.2, 0.25) is 0 Å². The zero-order chi connectivity index (χ0) is 20.5. The third-order valence-corrected chi connectivity index (χ3v) is 7.00. The van der Waals surface area contributed by atoms with E-state index < -0.39 is 0 Å². The van der Waals surface area contributed by atoms with Crippen molar-refractivity contribution in [2.45, 2.75) is 62.4 Å². The van der Waals surface area contributed by atoms with Gasteiger partial charge < -0.3 is 9.64 Å². The zero-order valence-electron chi connectivity index (χ0n) is 17.5. The Morgan fingerprint density at radius 1 is 1.24 bits per heavy atom. The number of benzene rings is 1. The lowest BCUT2D eigenvalue weighted by atomic mass is 9.94. The first-order chi connectivity index (χ1) is 14.0. The molecule has 0 N–H and O–H groups in total. The molecular weight excluding hydrogens is 384 g/mol. The second-order valence-corrected chi connectivity index (χ2v) is 9.20. The van der Waals surface area contributed by atoms with Crippen LogP contribution in [0.1, 0.15) is 44.6 Å². The van der Waals surface area contributed by atoms with Crippen molar-refractivity contribution >= 4 is 34.2 Å². The van der Waals surface area contributed by atoms with Crippen LogP contribution in [-0.4, -0.2) is 50.9 Å². The number of rotatable bonds is 5. The van der Waals surface area contributed by atoms with Crippen LogP contribution < -0.4 is 4.74 Å². The van der Waals surface area contributed by atoms with Crippen LogP contribution in [-0.2, 0) is 4.79 Å². The predicted octanol–water partition coefficient (Wildman–Crippen LogP) is 4.47. The van der Waals surface area contributed by atoms with Crippen LogP contribution in [0.5, 0.6) is 5.75 Å². The SMILES string of the molecule is COc1ccc2c(C)cc3nnc(SC(C)C(=O)N(C)C4CCCCC4)n3c2c1. The highest BCUT2D eigenvalue weighted by atomic mass is 32.2. The summed E-state index contributed by atoms with van der Waals surface area (Å²) in [5, 5.41) is 10.4. The number of aromatic nitrogens is 3. The molecule has 1 atom stereocenters. The summed E-state index contributed by atoms with van der Waals surface area (Å²) in [4.78, 5) is 15.0. The molecule has 3 aromatic rings. The number of thioether (sulfide) groups is 1. The number of ether oxygens (including phenoxy) is 1. The monoisotopic (exact) mass is 412 g/mol. The van der Waals surface area contributed by atoms with E-state index in [4.69, 9.17) is 4.74 Å². The molecule has 1 aliphatic carbocycles. The Morgan fingerprint density at radius 3 is 2.72 bits per heavy atom. The molecule has 6 nitrogen and oxygen atoms in total. The number of hydrogen-bond donors (Lipinski definition) is 0. The highest BCUT2D eigenvalue weighted by Crippen LogP contribution is 2.31. The Bertz CT molecular complexity index is 1040. The minimum absolute atomic E-state index is 0.160. The van der Waals surface area contributed by atoms with Crippen LogP contribution in [0.3, 0.4) is 0 Å². The highest BCUT2D eigenvalue weighted by Gasteiger charge is 2.27. The summed E-state index contributed by atoms with van der Waals surface area (Å²) >= 11 is 1.47. The Morgan fingerprint density at radius 2 is 2.00 bits per heavy atom. The van der Waals surface area contributed by atoms with Gasteiger partial charge in [0.15, 0.2) is 10.8 Å². The fourth-order valence-corrected chi connectivity index (χ4v) is 5.22. The second kappa shape index (κ2) is 8.22. The Labute approximate surface area is 175 Å². The average Bonchev–Trinajstić information content (AvgIpc) is 3.15. The van der Waals surface area contributed by atoms with Crippen LogP contribution in [0.25, 0.3) is 16.6 Å². The number of fused-ring (bicyclic) bond motifs is 3. The summed E-state index contributed by atoms with van der Waals surface area (Å²) in [5.74, 6) is 0.947. The molecule has 0 spiro atoms. The zero-order valence-corrected chi connectivity index (χ0v) is 18.3. The third kappa shape index (κ3) is 3.80. The van der Waals surface area contributed by atoms with Gasteiger partial charge in [0.25, 0.3) is 0 Å². The van der Waals surface area contributed by atoms with Crippen molar-refractivity contribution in [1.29, 1.82) is 0 Å². The summed E-state index contributed by atoms with van der Waals surface area (Å²) in [7, 11) is 3.61. The van der Waals surface area contributed by atoms with Crippen molar-refractivity contribution in [3.05, 3.63) is 29.8 Å². The molecule has 0 saturated heterocycles. The molecule has 0 aliphatic heterocycles. The van der Waals surface area contributed by atoms with E-state index in [-0.39, 0.29) is 11.2 Å². The smallest absolute Gasteiger partial charge is 0.235 e. The van der Waals surface area contributed by atoms with Gasteiger partial charge in [-0.25, -0.2) is 0 Å². The molecule has 2 heterocycles. The fourth-order valence-electron chi connectivity index (χ4n) is 4.25. The van der Waals surface area contributed by atoms with Gasteiger partial charge in [0.05, 0.1) is 17.9 Å². The number of carbonyl (C=O) groups is 1. The topological polar surface area (TPSA) is 59.7 Å². The van der Waals surface area contributed by atoms with Crippen molar-refractivity contribution in [2.75, 3.05) is 14.2 Å². The van der Waals surface area contributed by atoms with Gasteiger partial charge >= 0.3 is 0 Å². The predicted molar refractivity (Wildman–Crippen MR) is 117 cm³/mol. The first-order valence-corrected chi connectivity index (χ1v) is 11.1. The molecule has 7 heteroatoms. The number of aryl methyl sites for hydroxylation is 1. The molecule has 0 radical (unpaired) electrons. The van der Waals surface area contributed by atoms with Crippen molar-refractivity contribution in [1.82, 2.24) is 19.5 Å². The maximum absolute atomic E-state index is 13.1. The van der Waals surface area contributed by atoms with Crippen LogP contribution in [0, 0.1) is 6.92 Å². The third-order valence-electron chi connectivity index (χ3n) is 5.97. The van der Waals surface area contributed by atoms with Gasteiger partial charge in [-0.1, -0.05) is 31.0 Å². The lowest BCUT2D eigenvalue weighted by Crippen LogP contribution is -2.42. The van der Waals surface area contributed by atoms with E-state index in [0.29, 0.717) is 6.04 Å². The van der Waals surface area contributed by atoms with Crippen LogP contribution in [0.15, 0.2) is 29.4 Å². The van der Waals surface area contributed by atoms with E-state index in [0.717, 1.165) is 45.9 Å². The van der Waals surface area contributed by atoms with Crippen molar-refractivity contribution in [3.63, 3.8) is 0 Å². The fraction of sp³-hybridized carbons (Fsp3) is 0.500. The summed E-state index contributed by atoms with van der Waals surface area (Å²) in [6.07, 6.45) is 5.93.